The fourth-order valence-corrected chi connectivity index (χ4v) is 3.73. The zero-order valence-corrected chi connectivity index (χ0v) is 14.9. The smallest absolute Gasteiger partial charge is 0.328 e. The van der Waals surface area contributed by atoms with Crippen molar-refractivity contribution < 1.29 is 19.1 Å². The number of benzene rings is 1. The Morgan fingerprint density at radius 3 is 2.58 bits per heavy atom. The normalized spacial score (nSPS) is 26.9. The number of carbonyl (C=O) groups excluding carboxylic acids is 3. The number of amides is 2. The third-order valence-electron chi connectivity index (χ3n) is 5.06. The van der Waals surface area contributed by atoms with Crippen LogP contribution in [0, 0.1) is 0 Å². The summed E-state index contributed by atoms with van der Waals surface area (Å²) >= 11 is 0. The molecule has 1 aromatic rings. The minimum absolute atomic E-state index is 0.0342. The average Bonchev–Trinajstić information content (AvgIpc) is 2.68. The highest BCUT2D eigenvalue weighted by Crippen LogP contribution is 2.28. The molecular formula is C20H24N2O4. The molecular weight excluding hydrogens is 332 g/mol. The highest BCUT2D eigenvalue weighted by atomic mass is 16.5. The van der Waals surface area contributed by atoms with E-state index in [1.54, 1.807) is 29.2 Å². The van der Waals surface area contributed by atoms with E-state index in [0.717, 1.165) is 19.3 Å². The number of piperidine rings is 1. The fourth-order valence-electron chi connectivity index (χ4n) is 3.73. The Labute approximate surface area is 153 Å². The lowest BCUT2D eigenvalue weighted by Crippen LogP contribution is -2.59. The third kappa shape index (κ3) is 3.79. The number of methoxy groups -OCH3 is 1. The second kappa shape index (κ2) is 8.17. The van der Waals surface area contributed by atoms with Crippen LogP contribution in [-0.2, 0) is 14.3 Å². The molecule has 2 amide bonds. The van der Waals surface area contributed by atoms with E-state index in [0.29, 0.717) is 18.4 Å². The van der Waals surface area contributed by atoms with Gasteiger partial charge in [0, 0.05) is 11.6 Å². The number of nitrogens with zero attached hydrogens (tertiary/aromatic N) is 1. The lowest BCUT2D eigenvalue weighted by Gasteiger charge is -2.42. The number of esters is 1. The van der Waals surface area contributed by atoms with Gasteiger partial charge in [-0.15, -0.1) is 0 Å². The summed E-state index contributed by atoms with van der Waals surface area (Å²) in [6.07, 6.45) is 7.43. The molecule has 1 N–H and O–H groups in total. The maximum absolute atomic E-state index is 13.2. The molecule has 1 aromatic carbocycles. The summed E-state index contributed by atoms with van der Waals surface area (Å²) < 4.78 is 4.91. The Morgan fingerprint density at radius 2 is 1.85 bits per heavy atom. The highest BCUT2D eigenvalue weighted by Gasteiger charge is 2.41. The monoisotopic (exact) mass is 356 g/mol. The maximum atomic E-state index is 13.2. The first-order chi connectivity index (χ1) is 12.6. The summed E-state index contributed by atoms with van der Waals surface area (Å²) in [5.41, 5.74) is 0.506. The molecule has 6 heteroatoms. The van der Waals surface area contributed by atoms with Gasteiger partial charge >= 0.3 is 5.97 Å². The van der Waals surface area contributed by atoms with Gasteiger partial charge in [-0.05, 0) is 44.2 Å². The first-order valence-corrected chi connectivity index (χ1v) is 9.02. The van der Waals surface area contributed by atoms with E-state index in [1.165, 1.54) is 7.11 Å². The molecule has 0 aromatic heterocycles. The van der Waals surface area contributed by atoms with E-state index >= 15 is 0 Å². The summed E-state index contributed by atoms with van der Waals surface area (Å²) in [6.45, 7) is 0. The van der Waals surface area contributed by atoms with Crippen molar-refractivity contribution in [2.45, 2.75) is 50.2 Å². The predicted octanol–water partition coefficient (Wildman–Crippen LogP) is 2.06. The van der Waals surface area contributed by atoms with Crippen LogP contribution in [0.2, 0.25) is 0 Å². The molecule has 2 aliphatic rings. The first-order valence-electron chi connectivity index (χ1n) is 9.02. The summed E-state index contributed by atoms with van der Waals surface area (Å²) in [7, 11) is 1.34. The van der Waals surface area contributed by atoms with Crippen LogP contribution in [0.3, 0.4) is 0 Å². The Hall–Kier alpha value is -2.63. The lowest BCUT2D eigenvalue weighted by molar-refractivity contribution is -0.158. The minimum Gasteiger partial charge on any atom is -0.467 e. The van der Waals surface area contributed by atoms with Crippen LogP contribution in [-0.4, -0.2) is 47.9 Å². The number of carbonyl (C=O) groups is 3. The Bertz CT molecular complexity index is 701. The van der Waals surface area contributed by atoms with Crippen molar-refractivity contribution in [1.82, 2.24) is 10.2 Å². The van der Waals surface area contributed by atoms with Gasteiger partial charge in [0.05, 0.1) is 7.11 Å². The molecule has 26 heavy (non-hydrogen) atoms. The van der Waals surface area contributed by atoms with Crippen molar-refractivity contribution in [3.63, 3.8) is 0 Å². The number of rotatable bonds is 3. The van der Waals surface area contributed by atoms with Crippen LogP contribution in [0.25, 0.3) is 0 Å². The van der Waals surface area contributed by atoms with Crippen molar-refractivity contribution in [2.24, 2.45) is 0 Å². The molecule has 138 valence electrons. The number of fused-ring (bicyclic) bond motifs is 1. The molecule has 6 nitrogen and oxygen atoms in total. The van der Waals surface area contributed by atoms with Crippen LogP contribution in [0.1, 0.15) is 42.5 Å². The number of hydrogen-bond acceptors (Lipinski definition) is 4. The summed E-state index contributed by atoms with van der Waals surface area (Å²) in [6, 6.07) is 7.51. The second-order valence-electron chi connectivity index (χ2n) is 6.70. The van der Waals surface area contributed by atoms with E-state index < -0.39 is 12.1 Å². The predicted molar refractivity (Wildman–Crippen MR) is 96.4 cm³/mol. The molecule has 0 aliphatic carbocycles. The summed E-state index contributed by atoms with van der Waals surface area (Å²) in [5.74, 6) is -0.888. The van der Waals surface area contributed by atoms with Crippen molar-refractivity contribution in [2.75, 3.05) is 7.11 Å². The largest absolute Gasteiger partial charge is 0.467 e. The van der Waals surface area contributed by atoms with Gasteiger partial charge in [0.1, 0.15) is 12.1 Å². The van der Waals surface area contributed by atoms with E-state index in [-0.39, 0.29) is 23.8 Å². The van der Waals surface area contributed by atoms with E-state index in [1.807, 2.05) is 18.2 Å². The molecule has 0 saturated carbocycles. The molecule has 3 rings (SSSR count). The first kappa shape index (κ1) is 18.2. The van der Waals surface area contributed by atoms with E-state index in [2.05, 4.69) is 5.32 Å². The van der Waals surface area contributed by atoms with Gasteiger partial charge < -0.3 is 15.0 Å². The lowest BCUT2D eigenvalue weighted by atomic mass is 9.90. The van der Waals surface area contributed by atoms with Crippen molar-refractivity contribution in [1.29, 1.82) is 0 Å². The van der Waals surface area contributed by atoms with Crippen molar-refractivity contribution in [3.8, 4) is 0 Å². The average molecular weight is 356 g/mol. The second-order valence-corrected chi connectivity index (χ2v) is 6.70. The molecule has 3 unspecified atom stereocenters. The summed E-state index contributed by atoms with van der Waals surface area (Å²) in [5, 5.41) is 2.83. The maximum Gasteiger partial charge on any atom is 0.328 e. The van der Waals surface area contributed by atoms with Crippen LogP contribution < -0.4 is 5.32 Å². The zero-order chi connectivity index (χ0) is 18.5. The Kier molecular flexibility index (Phi) is 5.71. The van der Waals surface area contributed by atoms with Crippen molar-refractivity contribution in [3.05, 3.63) is 48.0 Å². The minimum atomic E-state index is -0.688. The van der Waals surface area contributed by atoms with Gasteiger partial charge in [0.25, 0.3) is 5.91 Å². The van der Waals surface area contributed by atoms with Gasteiger partial charge in [-0.1, -0.05) is 30.4 Å². The Balaban J connectivity index is 1.83. The molecule has 2 aliphatic heterocycles. The highest BCUT2D eigenvalue weighted by molar-refractivity contribution is 5.98. The summed E-state index contributed by atoms with van der Waals surface area (Å²) in [4.78, 5) is 39.5. The van der Waals surface area contributed by atoms with Gasteiger partial charge in [0.2, 0.25) is 5.91 Å². The van der Waals surface area contributed by atoms with Gasteiger partial charge in [-0.2, -0.15) is 0 Å². The number of hydrogen-bond donors (Lipinski definition) is 1. The zero-order valence-electron chi connectivity index (χ0n) is 14.9. The van der Waals surface area contributed by atoms with Crippen LogP contribution >= 0.6 is 0 Å². The number of ether oxygens (including phenoxy) is 1. The molecule has 2 heterocycles. The van der Waals surface area contributed by atoms with Gasteiger partial charge in [-0.25, -0.2) is 4.79 Å². The molecule has 1 saturated heterocycles. The molecule has 0 radical (unpaired) electrons. The standard InChI is InChI=1S/C20H24N2O4/c1-26-20(25)17-13-7-11-15-10-5-6-12-16(19(24)22(15)17)21-18(23)14-8-3-2-4-9-14/h2-6,8-9,15-17H,7,10-13H2,1H3,(H,21,23)/b6-5-. The molecule has 0 bridgehead atoms. The van der Waals surface area contributed by atoms with Gasteiger partial charge in [-0.3, -0.25) is 9.59 Å². The molecule has 3 atom stereocenters. The van der Waals surface area contributed by atoms with E-state index in [4.69, 9.17) is 4.74 Å². The quantitative estimate of drug-likeness (QED) is 0.664. The number of nitrogens with one attached hydrogen (secondary N) is 1. The molecule has 1 fully saturated rings. The Morgan fingerprint density at radius 1 is 1.12 bits per heavy atom. The van der Waals surface area contributed by atoms with E-state index in [9.17, 15) is 14.4 Å². The van der Waals surface area contributed by atoms with Crippen LogP contribution in [0.4, 0.5) is 0 Å². The third-order valence-corrected chi connectivity index (χ3v) is 5.06. The molecule has 0 spiro atoms. The fraction of sp³-hybridized carbons (Fsp3) is 0.450. The van der Waals surface area contributed by atoms with Crippen LogP contribution in [0.15, 0.2) is 42.5 Å². The topological polar surface area (TPSA) is 75.7 Å². The van der Waals surface area contributed by atoms with Crippen LogP contribution in [0.5, 0.6) is 0 Å². The SMILES string of the molecule is COC(=O)C1CCCC2C/C=C\CC(NC(=O)c3ccccc3)C(=O)N21. The van der Waals surface area contributed by atoms with Gasteiger partial charge in [0.15, 0.2) is 0 Å². The van der Waals surface area contributed by atoms with Crippen molar-refractivity contribution >= 4 is 17.8 Å².